The van der Waals surface area contributed by atoms with Crippen LogP contribution in [0.15, 0.2) is 67.1 Å². The highest BCUT2D eigenvalue weighted by molar-refractivity contribution is 5.72. The number of hydrogen-bond donors (Lipinski definition) is 0. The molecular formula is C26H29N5O4. The van der Waals surface area contributed by atoms with Crippen LogP contribution in [0, 0.1) is 0 Å². The molecular weight excluding hydrogens is 446 g/mol. The van der Waals surface area contributed by atoms with E-state index in [0.717, 1.165) is 17.8 Å². The lowest BCUT2D eigenvalue weighted by molar-refractivity contribution is -0.143. The Hall–Kier alpha value is -4.01. The van der Waals surface area contributed by atoms with Crippen molar-refractivity contribution in [3.05, 3.63) is 78.5 Å². The fourth-order valence-electron chi connectivity index (χ4n) is 3.95. The standard InChI is InChI=1S/C26H29N5O4/c1-2-7-25(32)34-17-12-23-28-14-11-24(29-23)30-15-16-31(22(19-30)20-8-4-3-5-9-20)26(33)35-21-10-6-13-27-18-21/h3-6,8-11,13-14,18,22H,2,7,12,15-17,19H2,1H3/t22-/m0/s1. The van der Waals surface area contributed by atoms with Crippen molar-refractivity contribution in [1.29, 1.82) is 0 Å². The van der Waals surface area contributed by atoms with Gasteiger partial charge in [0.1, 0.15) is 11.6 Å². The molecule has 0 radical (unpaired) electrons. The van der Waals surface area contributed by atoms with Gasteiger partial charge in [-0.25, -0.2) is 14.8 Å². The molecule has 1 atom stereocenters. The second-order valence-corrected chi connectivity index (χ2v) is 8.17. The summed E-state index contributed by atoms with van der Waals surface area (Å²) in [6.07, 6.45) is 6.07. The number of amides is 1. The number of ether oxygens (including phenoxy) is 2. The van der Waals surface area contributed by atoms with Crippen molar-refractivity contribution in [1.82, 2.24) is 19.9 Å². The predicted molar refractivity (Wildman–Crippen MR) is 130 cm³/mol. The number of hydrogen-bond acceptors (Lipinski definition) is 8. The summed E-state index contributed by atoms with van der Waals surface area (Å²) in [6.45, 7) is 3.80. The first-order valence-corrected chi connectivity index (χ1v) is 11.8. The molecule has 3 heterocycles. The monoisotopic (exact) mass is 475 g/mol. The molecule has 0 saturated carbocycles. The maximum atomic E-state index is 13.1. The van der Waals surface area contributed by atoms with E-state index in [9.17, 15) is 9.59 Å². The average Bonchev–Trinajstić information content (AvgIpc) is 2.90. The molecule has 4 rings (SSSR count). The Labute approximate surface area is 204 Å². The maximum absolute atomic E-state index is 13.1. The third-order valence-corrected chi connectivity index (χ3v) is 5.70. The first kappa shape index (κ1) is 24.1. The van der Waals surface area contributed by atoms with Crippen LogP contribution < -0.4 is 9.64 Å². The van der Waals surface area contributed by atoms with Gasteiger partial charge in [0.15, 0.2) is 5.75 Å². The normalized spacial score (nSPS) is 15.5. The van der Waals surface area contributed by atoms with Gasteiger partial charge in [-0.15, -0.1) is 0 Å². The fourth-order valence-corrected chi connectivity index (χ4v) is 3.95. The van der Waals surface area contributed by atoms with E-state index in [1.54, 1.807) is 29.4 Å². The minimum atomic E-state index is -0.413. The van der Waals surface area contributed by atoms with E-state index in [1.807, 2.05) is 43.3 Å². The summed E-state index contributed by atoms with van der Waals surface area (Å²) in [5.41, 5.74) is 1.01. The molecule has 0 unspecified atom stereocenters. The summed E-state index contributed by atoms with van der Waals surface area (Å²) >= 11 is 0. The molecule has 9 nitrogen and oxygen atoms in total. The number of aromatic nitrogens is 3. The van der Waals surface area contributed by atoms with Crippen molar-refractivity contribution < 1.29 is 19.1 Å². The Balaban J connectivity index is 1.46. The van der Waals surface area contributed by atoms with Gasteiger partial charge in [0.05, 0.1) is 18.8 Å². The molecule has 182 valence electrons. The van der Waals surface area contributed by atoms with Crippen LogP contribution >= 0.6 is 0 Å². The predicted octanol–water partition coefficient (Wildman–Crippen LogP) is 3.82. The van der Waals surface area contributed by atoms with Gasteiger partial charge in [-0.3, -0.25) is 14.7 Å². The molecule has 9 heteroatoms. The van der Waals surface area contributed by atoms with Crippen LogP contribution in [-0.4, -0.2) is 58.2 Å². The van der Waals surface area contributed by atoms with Gasteiger partial charge >= 0.3 is 12.1 Å². The second-order valence-electron chi connectivity index (χ2n) is 8.17. The average molecular weight is 476 g/mol. The highest BCUT2D eigenvalue weighted by atomic mass is 16.6. The van der Waals surface area contributed by atoms with Gasteiger partial charge in [0, 0.05) is 44.9 Å². The Morgan fingerprint density at radius 1 is 1.06 bits per heavy atom. The maximum Gasteiger partial charge on any atom is 0.415 e. The first-order valence-electron chi connectivity index (χ1n) is 11.8. The minimum Gasteiger partial charge on any atom is -0.465 e. The fraction of sp³-hybridized carbons (Fsp3) is 0.346. The van der Waals surface area contributed by atoms with Gasteiger partial charge in [-0.05, 0) is 30.2 Å². The van der Waals surface area contributed by atoms with E-state index < -0.39 is 6.09 Å². The molecule has 0 aliphatic carbocycles. The molecule has 0 bridgehead atoms. The van der Waals surface area contributed by atoms with Crippen molar-refractivity contribution in [3.63, 3.8) is 0 Å². The van der Waals surface area contributed by atoms with Crippen LogP contribution in [0.2, 0.25) is 0 Å². The number of nitrogens with zero attached hydrogens (tertiary/aromatic N) is 5. The summed E-state index contributed by atoms with van der Waals surface area (Å²) < 4.78 is 10.8. The highest BCUT2D eigenvalue weighted by Gasteiger charge is 2.33. The number of rotatable bonds is 8. The molecule has 35 heavy (non-hydrogen) atoms. The van der Waals surface area contributed by atoms with Gasteiger partial charge in [-0.1, -0.05) is 37.3 Å². The van der Waals surface area contributed by atoms with Crippen molar-refractivity contribution >= 4 is 17.9 Å². The quantitative estimate of drug-likeness (QED) is 0.454. The zero-order valence-corrected chi connectivity index (χ0v) is 19.7. The smallest absolute Gasteiger partial charge is 0.415 e. The molecule has 1 fully saturated rings. The summed E-state index contributed by atoms with van der Waals surface area (Å²) in [5, 5.41) is 0. The third kappa shape index (κ3) is 6.53. The third-order valence-electron chi connectivity index (χ3n) is 5.70. The van der Waals surface area contributed by atoms with E-state index in [1.165, 1.54) is 6.20 Å². The molecule has 1 aliphatic heterocycles. The highest BCUT2D eigenvalue weighted by Crippen LogP contribution is 2.29. The van der Waals surface area contributed by atoms with Crippen molar-refractivity contribution in [3.8, 4) is 5.75 Å². The summed E-state index contributed by atoms with van der Waals surface area (Å²) in [4.78, 5) is 41.6. The Morgan fingerprint density at radius 3 is 2.69 bits per heavy atom. The topological polar surface area (TPSA) is 97.8 Å². The van der Waals surface area contributed by atoms with E-state index in [2.05, 4.69) is 19.9 Å². The summed E-state index contributed by atoms with van der Waals surface area (Å²) in [5.74, 6) is 1.59. The second kappa shape index (κ2) is 11.9. The van der Waals surface area contributed by atoms with Crippen LogP contribution in [0.5, 0.6) is 5.75 Å². The van der Waals surface area contributed by atoms with Crippen molar-refractivity contribution in [2.24, 2.45) is 0 Å². The Kier molecular flexibility index (Phi) is 8.21. The summed E-state index contributed by atoms with van der Waals surface area (Å²) in [7, 11) is 0. The largest absolute Gasteiger partial charge is 0.465 e. The summed E-state index contributed by atoms with van der Waals surface area (Å²) in [6, 6.07) is 15.0. The molecule has 2 aromatic heterocycles. The van der Waals surface area contributed by atoms with Crippen LogP contribution in [0.25, 0.3) is 0 Å². The van der Waals surface area contributed by atoms with E-state index in [0.29, 0.717) is 44.0 Å². The number of carbonyl (C=O) groups is 2. The van der Waals surface area contributed by atoms with Gasteiger partial charge in [0.25, 0.3) is 0 Å². The molecule has 1 aromatic carbocycles. The zero-order chi connectivity index (χ0) is 24.5. The number of pyridine rings is 1. The number of esters is 1. The van der Waals surface area contributed by atoms with Crippen LogP contribution in [0.3, 0.4) is 0 Å². The van der Waals surface area contributed by atoms with Crippen LogP contribution in [0.1, 0.15) is 37.2 Å². The minimum absolute atomic E-state index is 0.205. The molecule has 0 N–H and O–H groups in total. The van der Waals surface area contributed by atoms with Crippen molar-refractivity contribution in [2.45, 2.75) is 32.2 Å². The molecule has 0 spiro atoms. The van der Waals surface area contributed by atoms with Gasteiger partial charge in [-0.2, -0.15) is 0 Å². The van der Waals surface area contributed by atoms with E-state index in [-0.39, 0.29) is 18.6 Å². The lowest BCUT2D eigenvalue weighted by Gasteiger charge is -2.41. The number of benzene rings is 1. The number of anilines is 1. The van der Waals surface area contributed by atoms with Crippen molar-refractivity contribution in [2.75, 3.05) is 31.1 Å². The Bertz CT molecular complexity index is 1110. The molecule has 1 aliphatic rings. The SMILES string of the molecule is CCCC(=O)OCCc1nccc(N2CCN(C(=O)Oc3cccnc3)[C@H](c3ccccc3)C2)n1. The van der Waals surface area contributed by atoms with Gasteiger partial charge < -0.3 is 14.4 Å². The zero-order valence-electron chi connectivity index (χ0n) is 19.7. The Morgan fingerprint density at radius 2 is 1.91 bits per heavy atom. The number of carbonyl (C=O) groups excluding carboxylic acids is 2. The van der Waals surface area contributed by atoms with Crippen LogP contribution in [0.4, 0.5) is 10.6 Å². The number of piperazine rings is 1. The molecule has 1 saturated heterocycles. The van der Waals surface area contributed by atoms with Crippen LogP contribution in [-0.2, 0) is 16.0 Å². The lowest BCUT2D eigenvalue weighted by Crippen LogP contribution is -2.51. The van der Waals surface area contributed by atoms with E-state index in [4.69, 9.17) is 9.47 Å². The molecule has 1 amide bonds. The van der Waals surface area contributed by atoms with Gasteiger partial charge in [0.2, 0.25) is 0 Å². The van der Waals surface area contributed by atoms with E-state index >= 15 is 0 Å². The molecule has 3 aromatic rings. The lowest BCUT2D eigenvalue weighted by atomic mass is 10.0. The first-order chi connectivity index (χ1) is 17.1.